The summed E-state index contributed by atoms with van der Waals surface area (Å²) >= 11 is 0. The maximum Gasteiger partial charge on any atom is 0.254 e. The minimum absolute atomic E-state index is 0.0373. The van der Waals surface area contributed by atoms with E-state index in [4.69, 9.17) is 19.9 Å². The van der Waals surface area contributed by atoms with E-state index in [0.29, 0.717) is 30.2 Å². The number of amides is 1. The Labute approximate surface area is 146 Å². The summed E-state index contributed by atoms with van der Waals surface area (Å²) in [4.78, 5) is 14.6. The minimum Gasteiger partial charge on any atom is -0.497 e. The van der Waals surface area contributed by atoms with Crippen LogP contribution in [0.25, 0.3) is 0 Å². The molecule has 2 aliphatic rings. The standard InChI is InChI=1S/C19H20N2O4/c1-23-14-5-2-12(3-6-14)15-9-21(10-16(15)20)19(22)13-4-7-17-18(8-13)25-11-24-17/h2-8,15-16H,9-11,20H2,1H3. The molecule has 2 aromatic rings. The monoisotopic (exact) mass is 340 g/mol. The van der Waals surface area contributed by atoms with E-state index < -0.39 is 0 Å². The molecule has 1 amide bonds. The molecule has 1 fully saturated rings. The Morgan fingerprint density at radius 3 is 2.64 bits per heavy atom. The van der Waals surface area contributed by atoms with Crippen molar-refractivity contribution < 1.29 is 19.0 Å². The van der Waals surface area contributed by atoms with Gasteiger partial charge in [-0.2, -0.15) is 0 Å². The number of ether oxygens (including phenoxy) is 3. The molecular formula is C19H20N2O4. The van der Waals surface area contributed by atoms with Crippen molar-refractivity contribution in [1.29, 1.82) is 0 Å². The maximum atomic E-state index is 12.8. The van der Waals surface area contributed by atoms with Gasteiger partial charge in [0.05, 0.1) is 7.11 Å². The first kappa shape index (κ1) is 15.8. The Hall–Kier alpha value is -2.73. The zero-order chi connectivity index (χ0) is 17.4. The van der Waals surface area contributed by atoms with Crippen LogP contribution < -0.4 is 19.9 Å². The van der Waals surface area contributed by atoms with Crippen molar-refractivity contribution in [2.24, 2.45) is 5.73 Å². The fraction of sp³-hybridized carbons (Fsp3) is 0.316. The summed E-state index contributed by atoms with van der Waals surface area (Å²) in [5, 5.41) is 0. The Kier molecular flexibility index (Phi) is 3.97. The highest BCUT2D eigenvalue weighted by atomic mass is 16.7. The lowest BCUT2D eigenvalue weighted by atomic mass is 9.95. The number of nitrogens with zero attached hydrogens (tertiary/aromatic N) is 1. The number of nitrogens with two attached hydrogens (primary N) is 1. The van der Waals surface area contributed by atoms with Crippen molar-refractivity contribution in [2.75, 3.05) is 27.0 Å². The van der Waals surface area contributed by atoms with E-state index >= 15 is 0 Å². The second kappa shape index (κ2) is 6.29. The SMILES string of the molecule is COc1ccc(C2CN(C(=O)c3ccc4c(c3)OCO4)CC2N)cc1. The number of carbonyl (C=O) groups is 1. The molecule has 0 spiro atoms. The van der Waals surface area contributed by atoms with Gasteiger partial charge in [0.15, 0.2) is 11.5 Å². The Balaban J connectivity index is 1.51. The highest BCUT2D eigenvalue weighted by Crippen LogP contribution is 2.34. The molecule has 2 unspecified atom stereocenters. The predicted octanol–water partition coefficient (Wildman–Crippen LogP) is 1.99. The average molecular weight is 340 g/mol. The maximum absolute atomic E-state index is 12.8. The average Bonchev–Trinajstić information content (AvgIpc) is 3.27. The molecule has 0 aromatic heterocycles. The van der Waals surface area contributed by atoms with E-state index in [1.54, 1.807) is 30.2 Å². The predicted molar refractivity (Wildman–Crippen MR) is 92.2 cm³/mol. The van der Waals surface area contributed by atoms with Gasteiger partial charge in [0.1, 0.15) is 5.75 Å². The van der Waals surface area contributed by atoms with Crippen molar-refractivity contribution in [3.8, 4) is 17.2 Å². The molecule has 2 N–H and O–H groups in total. The molecule has 2 heterocycles. The van der Waals surface area contributed by atoms with Crippen LogP contribution in [0.2, 0.25) is 0 Å². The van der Waals surface area contributed by atoms with Gasteiger partial charge in [0.2, 0.25) is 6.79 Å². The lowest BCUT2D eigenvalue weighted by molar-refractivity contribution is 0.0788. The fourth-order valence-corrected chi connectivity index (χ4v) is 3.41. The van der Waals surface area contributed by atoms with Crippen molar-refractivity contribution in [3.63, 3.8) is 0 Å². The minimum atomic E-state index is -0.0913. The Morgan fingerprint density at radius 1 is 1.12 bits per heavy atom. The third kappa shape index (κ3) is 2.89. The molecule has 130 valence electrons. The fourth-order valence-electron chi connectivity index (χ4n) is 3.41. The largest absolute Gasteiger partial charge is 0.497 e. The molecule has 4 rings (SSSR count). The van der Waals surface area contributed by atoms with E-state index in [1.807, 2.05) is 24.3 Å². The molecule has 6 nitrogen and oxygen atoms in total. The summed E-state index contributed by atoms with van der Waals surface area (Å²) in [7, 11) is 1.64. The Morgan fingerprint density at radius 2 is 1.88 bits per heavy atom. The normalized spacial score (nSPS) is 21.4. The molecule has 2 aromatic carbocycles. The highest BCUT2D eigenvalue weighted by Gasteiger charge is 2.34. The topological polar surface area (TPSA) is 74.0 Å². The van der Waals surface area contributed by atoms with E-state index in [9.17, 15) is 4.79 Å². The zero-order valence-electron chi connectivity index (χ0n) is 14.0. The van der Waals surface area contributed by atoms with Crippen LogP contribution in [0.15, 0.2) is 42.5 Å². The van der Waals surface area contributed by atoms with Crippen LogP contribution in [-0.4, -0.2) is 43.8 Å². The number of likely N-dealkylation sites (tertiary alicyclic amines) is 1. The number of methoxy groups -OCH3 is 1. The van der Waals surface area contributed by atoms with Gasteiger partial charge in [0.25, 0.3) is 5.91 Å². The summed E-state index contributed by atoms with van der Waals surface area (Å²) in [5.74, 6) is 2.17. The lowest BCUT2D eigenvalue weighted by Crippen LogP contribution is -2.32. The van der Waals surface area contributed by atoms with E-state index in [-0.39, 0.29) is 24.7 Å². The number of benzene rings is 2. The van der Waals surface area contributed by atoms with E-state index in [1.165, 1.54) is 0 Å². The van der Waals surface area contributed by atoms with Crippen LogP contribution in [0.1, 0.15) is 21.8 Å². The lowest BCUT2D eigenvalue weighted by Gasteiger charge is -2.17. The number of carbonyl (C=O) groups excluding carboxylic acids is 1. The van der Waals surface area contributed by atoms with Crippen LogP contribution in [0.5, 0.6) is 17.2 Å². The van der Waals surface area contributed by atoms with E-state index in [2.05, 4.69) is 0 Å². The van der Waals surface area contributed by atoms with Crippen molar-refractivity contribution >= 4 is 5.91 Å². The van der Waals surface area contributed by atoms with Crippen molar-refractivity contribution in [1.82, 2.24) is 4.90 Å². The van der Waals surface area contributed by atoms with Gasteiger partial charge in [-0.05, 0) is 35.9 Å². The number of rotatable bonds is 3. The van der Waals surface area contributed by atoms with Gasteiger partial charge in [-0.1, -0.05) is 12.1 Å². The van der Waals surface area contributed by atoms with Gasteiger partial charge in [-0.3, -0.25) is 4.79 Å². The first-order valence-electron chi connectivity index (χ1n) is 8.24. The summed E-state index contributed by atoms with van der Waals surface area (Å²) in [6.07, 6.45) is 0. The summed E-state index contributed by atoms with van der Waals surface area (Å²) in [5.41, 5.74) is 8.02. The van der Waals surface area contributed by atoms with Crippen LogP contribution >= 0.6 is 0 Å². The molecule has 0 saturated carbocycles. The molecule has 0 aliphatic carbocycles. The quantitative estimate of drug-likeness (QED) is 0.925. The molecule has 1 saturated heterocycles. The summed E-state index contributed by atoms with van der Waals surface area (Å²) in [6.45, 7) is 1.33. The molecular weight excluding hydrogens is 320 g/mol. The van der Waals surface area contributed by atoms with Gasteiger partial charge in [-0.25, -0.2) is 0 Å². The first-order chi connectivity index (χ1) is 12.2. The number of hydrogen-bond acceptors (Lipinski definition) is 5. The molecule has 0 bridgehead atoms. The zero-order valence-corrected chi connectivity index (χ0v) is 14.0. The first-order valence-corrected chi connectivity index (χ1v) is 8.24. The second-order valence-electron chi connectivity index (χ2n) is 6.32. The molecule has 25 heavy (non-hydrogen) atoms. The molecule has 2 aliphatic heterocycles. The highest BCUT2D eigenvalue weighted by molar-refractivity contribution is 5.95. The van der Waals surface area contributed by atoms with Gasteiger partial charge in [0, 0.05) is 30.6 Å². The smallest absolute Gasteiger partial charge is 0.254 e. The number of hydrogen-bond donors (Lipinski definition) is 1. The van der Waals surface area contributed by atoms with E-state index in [0.717, 1.165) is 11.3 Å². The van der Waals surface area contributed by atoms with Crippen LogP contribution in [0.3, 0.4) is 0 Å². The van der Waals surface area contributed by atoms with Gasteiger partial charge in [-0.15, -0.1) is 0 Å². The third-order valence-electron chi connectivity index (χ3n) is 4.82. The van der Waals surface area contributed by atoms with Gasteiger partial charge >= 0.3 is 0 Å². The number of fused-ring (bicyclic) bond motifs is 1. The summed E-state index contributed by atoms with van der Waals surface area (Å²) < 4.78 is 15.8. The molecule has 6 heteroatoms. The Bertz CT molecular complexity index is 791. The van der Waals surface area contributed by atoms with Crippen LogP contribution in [0, 0.1) is 0 Å². The third-order valence-corrected chi connectivity index (χ3v) is 4.82. The van der Waals surface area contributed by atoms with Crippen LogP contribution in [0.4, 0.5) is 0 Å². The molecule has 0 radical (unpaired) electrons. The molecule has 2 atom stereocenters. The second-order valence-corrected chi connectivity index (χ2v) is 6.32. The van der Waals surface area contributed by atoms with Crippen molar-refractivity contribution in [2.45, 2.75) is 12.0 Å². The van der Waals surface area contributed by atoms with Crippen molar-refractivity contribution in [3.05, 3.63) is 53.6 Å². The van der Waals surface area contributed by atoms with Crippen LogP contribution in [-0.2, 0) is 0 Å². The summed E-state index contributed by atoms with van der Waals surface area (Å²) in [6, 6.07) is 13.0. The van der Waals surface area contributed by atoms with Gasteiger partial charge < -0.3 is 24.8 Å².